The molecule has 1 aromatic rings. The molecule has 108 valence electrons. The molecule has 1 N–H and O–H groups in total. The van der Waals surface area contributed by atoms with E-state index in [1.165, 1.54) is 6.07 Å². The van der Waals surface area contributed by atoms with E-state index in [9.17, 15) is 22.0 Å². The van der Waals surface area contributed by atoms with Crippen molar-refractivity contribution in [3.8, 4) is 0 Å². The predicted octanol–water partition coefficient (Wildman–Crippen LogP) is 3.53. The number of hydrogen-bond acceptors (Lipinski definition) is 2. The second-order valence-corrected chi connectivity index (χ2v) is 4.64. The molecule has 0 radical (unpaired) electrons. The van der Waals surface area contributed by atoms with E-state index in [1.54, 1.807) is 0 Å². The lowest BCUT2D eigenvalue weighted by molar-refractivity contribution is -0.137. The van der Waals surface area contributed by atoms with Gasteiger partial charge in [0.05, 0.1) is 18.7 Å². The van der Waals surface area contributed by atoms with Gasteiger partial charge in [0.15, 0.2) is 0 Å². The average Bonchev–Trinajstić information content (AvgIpc) is 2.26. The summed E-state index contributed by atoms with van der Waals surface area (Å²) in [7, 11) is 0. The fraction of sp³-hybridized carbons (Fsp3) is 0.455. The number of hydrogen-bond donors (Lipinski definition) is 1. The third-order valence-electron chi connectivity index (χ3n) is 2.33. The van der Waals surface area contributed by atoms with Crippen molar-refractivity contribution in [2.75, 3.05) is 24.6 Å². The number of aliphatic hydroxyl groups is 1. The van der Waals surface area contributed by atoms with Crippen molar-refractivity contribution >= 4 is 21.6 Å². The van der Waals surface area contributed by atoms with Gasteiger partial charge in [-0.05, 0) is 18.2 Å². The average molecular weight is 348 g/mol. The summed E-state index contributed by atoms with van der Waals surface area (Å²) in [6.45, 7) is -1.68. The molecule has 0 heterocycles. The van der Waals surface area contributed by atoms with Crippen LogP contribution in [-0.4, -0.2) is 31.2 Å². The molecule has 0 aliphatic rings. The van der Waals surface area contributed by atoms with Crippen LogP contribution in [0.15, 0.2) is 22.7 Å². The summed E-state index contributed by atoms with van der Waals surface area (Å²) in [4.78, 5) is 0.819. The number of nitrogens with zero attached hydrogens (tertiary/aromatic N) is 1. The van der Waals surface area contributed by atoms with Gasteiger partial charge in [-0.25, -0.2) is 8.78 Å². The summed E-state index contributed by atoms with van der Waals surface area (Å²) in [5, 5.41) is 8.78. The molecule has 0 aromatic heterocycles. The van der Waals surface area contributed by atoms with Crippen molar-refractivity contribution in [2.24, 2.45) is 0 Å². The molecule has 0 bridgehead atoms. The molecule has 1 aromatic carbocycles. The Morgan fingerprint density at radius 1 is 1.26 bits per heavy atom. The number of halogens is 6. The summed E-state index contributed by atoms with van der Waals surface area (Å²) in [5.74, 6) is 0. The summed E-state index contributed by atoms with van der Waals surface area (Å²) in [5.41, 5.74) is -1.39. The van der Waals surface area contributed by atoms with E-state index in [4.69, 9.17) is 5.11 Å². The third-order valence-corrected chi connectivity index (χ3v) is 2.83. The van der Waals surface area contributed by atoms with Crippen LogP contribution in [0.5, 0.6) is 0 Å². The Hall–Kier alpha value is -0.890. The fourth-order valence-corrected chi connectivity index (χ4v) is 1.97. The fourth-order valence-electron chi connectivity index (χ4n) is 1.61. The minimum absolute atomic E-state index is 0.199. The van der Waals surface area contributed by atoms with Crippen LogP contribution in [0.1, 0.15) is 5.56 Å². The van der Waals surface area contributed by atoms with Crippen molar-refractivity contribution < 1.29 is 27.1 Å². The monoisotopic (exact) mass is 347 g/mol. The zero-order valence-corrected chi connectivity index (χ0v) is 11.2. The first-order chi connectivity index (χ1) is 8.75. The van der Waals surface area contributed by atoms with Gasteiger partial charge in [0.25, 0.3) is 6.43 Å². The molecular formula is C11H11BrF5NO. The largest absolute Gasteiger partial charge is 0.418 e. The number of aliphatic hydroxyl groups excluding tert-OH is 1. The maximum atomic E-state index is 12.9. The SMILES string of the molecule is OCCN(CC(F)F)c1ccc(Br)cc1C(F)(F)F. The van der Waals surface area contributed by atoms with Crippen LogP contribution in [0.4, 0.5) is 27.6 Å². The molecule has 0 aliphatic carbocycles. The third kappa shape index (κ3) is 4.61. The van der Waals surface area contributed by atoms with Crippen LogP contribution in [0.25, 0.3) is 0 Å². The highest BCUT2D eigenvalue weighted by Crippen LogP contribution is 2.38. The topological polar surface area (TPSA) is 23.5 Å². The summed E-state index contributed by atoms with van der Waals surface area (Å²) in [6.07, 6.45) is -7.45. The number of alkyl halides is 5. The predicted molar refractivity (Wildman–Crippen MR) is 64.4 cm³/mol. The van der Waals surface area contributed by atoms with Gasteiger partial charge in [0, 0.05) is 16.7 Å². The normalized spacial score (nSPS) is 12.0. The Balaban J connectivity index is 3.21. The molecule has 8 heteroatoms. The van der Waals surface area contributed by atoms with Crippen molar-refractivity contribution in [1.82, 2.24) is 0 Å². The highest BCUT2D eigenvalue weighted by Gasteiger charge is 2.35. The summed E-state index contributed by atoms with van der Waals surface area (Å²) < 4.78 is 63.6. The minimum atomic E-state index is -4.66. The molecule has 0 unspecified atom stereocenters. The van der Waals surface area contributed by atoms with E-state index < -0.39 is 31.3 Å². The second-order valence-electron chi connectivity index (χ2n) is 3.72. The van der Waals surface area contributed by atoms with Crippen molar-refractivity contribution in [3.63, 3.8) is 0 Å². The summed E-state index contributed by atoms with van der Waals surface area (Å²) >= 11 is 2.91. The lowest BCUT2D eigenvalue weighted by atomic mass is 10.1. The molecular weight excluding hydrogens is 337 g/mol. The highest BCUT2D eigenvalue weighted by molar-refractivity contribution is 9.10. The molecule has 0 saturated carbocycles. The Bertz CT molecular complexity index is 424. The molecule has 0 saturated heterocycles. The van der Waals surface area contributed by atoms with Gasteiger partial charge in [-0.3, -0.25) is 0 Å². The highest BCUT2D eigenvalue weighted by atomic mass is 79.9. The second kappa shape index (κ2) is 6.51. The Morgan fingerprint density at radius 2 is 1.89 bits per heavy atom. The minimum Gasteiger partial charge on any atom is -0.395 e. The molecule has 0 fully saturated rings. The molecule has 0 amide bonds. The van der Waals surface area contributed by atoms with Crippen LogP contribution < -0.4 is 4.90 Å². The maximum Gasteiger partial charge on any atom is 0.418 e. The smallest absolute Gasteiger partial charge is 0.395 e. The first-order valence-electron chi connectivity index (χ1n) is 5.26. The quantitative estimate of drug-likeness (QED) is 0.823. The molecule has 0 aliphatic heterocycles. The van der Waals surface area contributed by atoms with Gasteiger partial charge in [-0.15, -0.1) is 0 Å². The molecule has 19 heavy (non-hydrogen) atoms. The standard InChI is InChI=1S/C11H11BrF5NO/c12-7-1-2-9(8(5-7)11(15,16)17)18(3-4-19)6-10(13)14/h1-2,5,10,19H,3-4,6H2. The Labute approximate surface area is 115 Å². The first-order valence-corrected chi connectivity index (χ1v) is 6.05. The van der Waals surface area contributed by atoms with E-state index >= 15 is 0 Å². The Morgan fingerprint density at radius 3 is 2.37 bits per heavy atom. The van der Waals surface area contributed by atoms with Crippen molar-refractivity contribution in [2.45, 2.75) is 12.6 Å². The van der Waals surface area contributed by atoms with Gasteiger partial charge in [0.1, 0.15) is 0 Å². The summed E-state index contributed by atoms with van der Waals surface area (Å²) in [6, 6.07) is 3.26. The maximum absolute atomic E-state index is 12.9. The van der Waals surface area contributed by atoms with E-state index in [1.807, 2.05) is 0 Å². The van der Waals surface area contributed by atoms with Crippen LogP contribution in [-0.2, 0) is 6.18 Å². The van der Waals surface area contributed by atoms with Gasteiger partial charge in [0.2, 0.25) is 0 Å². The molecule has 0 spiro atoms. The van der Waals surface area contributed by atoms with Gasteiger partial charge >= 0.3 is 6.18 Å². The Kier molecular flexibility index (Phi) is 5.54. The number of benzene rings is 1. The molecule has 0 atom stereocenters. The van der Waals surface area contributed by atoms with Crippen LogP contribution >= 0.6 is 15.9 Å². The van der Waals surface area contributed by atoms with Crippen LogP contribution in [0, 0.1) is 0 Å². The zero-order valence-electron chi connectivity index (χ0n) is 9.59. The van der Waals surface area contributed by atoms with Crippen molar-refractivity contribution in [1.29, 1.82) is 0 Å². The van der Waals surface area contributed by atoms with Gasteiger partial charge < -0.3 is 10.0 Å². The first kappa shape index (κ1) is 16.2. The van der Waals surface area contributed by atoms with E-state index in [0.717, 1.165) is 17.0 Å². The lowest BCUT2D eigenvalue weighted by Gasteiger charge is -2.27. The lowest BCUT2D eigenvalue weighted by Crippen LogP contribution is -2.33. The number of rotatable bonds is 5. The van der Waals surface area contributed by atoms with E-state index in [-0.39, 0.29) is 16.7 Å². The van der Waals surface area contributed by atoms with E-state index in [0.29, 0.717) is 0 Å². The van der Waals surface area contributed by atoms with Gasteiger partial charge in [-0.2, -0.15) is 13.2 Å². The van der Waals surface area contributed by atoms with E-state index in [2.05, 4.69) is 15.9 Å². The van der Waals surface area contributed by atoms with Crippen LogP contribution in [0.3, 0.4) is 0 Å². The zero-order chi connectivity index (χ0) is 14.6. The van der Waals surface area contributed by atoms with Crippen molar-refractivity contribution in [3.05, 3.63) is 28.2 Å². The number of anilines is 1. The molecule has 2 nitrogen and oxygen atoms in total. The van der Waals surface area contributed by atoms with Gasteiger partial charge in [-0.1, -0.05) is 15.9 Å². The van der Waals surface area contributed by atoms with Crippen LogP contribution in [0.2, 0.25) is 0 Å². The molecule has 1 rings (SSSR count).